The lowest BCUT2D eigenvalue weighted by Crippen LogP contribution is -2.55. The van der Waals surface area contributed by atoms with Crippen molar-refractivity contribution in [2.24, 2.45) is 0 Å². The summed E-state index contributed by atoms with van der Waals surface area (Å²) < 4.78 is 68.1. The molecule has 2 aromatic carbocycles. The van der Waals surface area contributed by atoms with Crippen LogP contribution in [0.2, 0.25) is 0 Å². The summed E-state index contributed by atoms with van der Waals surface area (Å²) in [7, 11) is -5.52. The fraction of sp³-hybridized carbons (Fsp3) is 0.375. The second kappa shape index (κ2) is 10.7. The van der Waals surface area contributed by atoms with E-state index in [9.17, 15) is 21.6 Å². The van der Waals surface area contributed by atoms with E-state index >= 15 is 0 Å². The van der Waals surface area contributed by atoms with Gasteiger partial charge in [0.15, 0.2) is 14.6 Å². The van der Waals surface area contributed by atoms with Gasteiger partial charge in [0.1, 0.15) is 18.1 Å². The van der Waals surface area contributed by atoms with Crippen molar-refractivity contribution < 1.29 is 35.8 Å². The molecule has 1 aliphatic rings. The Morgan fingerprint density at radius 2 is 1.46 bits per heavy atom. The van der Waals surface area contributed by atoms with Crippen LogP contribution < -0.4 is 9.47 Å². The van der Waals surface area contributed by atoms with Gasteiger partial charge in [-0.1, -0.05) is 5.92 Å². The molecule has 9 nitrogen and oxygen atoms in total. The Hall–Kier alpha value is -3.07. The quantitative estimate of drug-likeness (QED) is 0.384. The van der Waals surface area contributed by atoms with Crippen molar-refractivity contribution in [1.82, 2.24) is 4.31 Å². The summed E-state index contributed by atoms with van der Waals surface area (Å²) in [6, 6.07) is 11.6. The maximum atomic E-state index is 13.6. The number of carbonyl (C=O) groups is 1. The van der Waals surface area contributed by atoms with E-state index in [2.05, 4.69) is 11.8 Å². The molecule has 0 amide bonds. The first-order valence-corrected chi connectivity index (χ1v) is 13.6. The predicted molar refractivity (Wildman–Crippen MR) is 128 cm³/mol. The van der Waals surface area contributed by atoms with Gasteiger partial charge in [0, 0.05) is 13.1 Å². The average Bonchev–Trinajstić information content (AvgIpc) is 2.88. The second-order valence-electron chi connectivity index (χ2n) is 7.76. The number of carbonyl (C=O) groups excluding carboxylic acids is 1. The number of rotatable bonds is 8. The molecule has 35 heavy (non-hydrogen) atoms. The fourth-order valence-electron chi connectivity index (χ4n) is 3.89. The van der Waals surface area contributed by atoms with Gasteiger partial charge in [-0.2, -0.15) is 4.31 Å². The van der Waals surface area contributed by atoms with Gasteiger partial charge >= 0.3 is 5.97 Å². The molecule has 0 spiro atoms. The average molecular weight is 522 g/mol. The van der Waals surface area contributed by atoms with Crippen molar-refractivity contribution in [1.29, 1.82) is 0 Å². The predicted octanol–water partition coefficient (Wildman–Crippen LogP) is 2.27. The van der Waals surface area contributed by atoms with Gasteiger partial charge < -0.3 is 14.2 Å². The highest BCUT2D eigenvalue weighted by Crippen LogP contribution is 2.38. The second-order valence-corrected chi connectivity index (χ2v) is 12.0. The topological polar surface area (TPSA) is 116 Å². The lowest BCUT2D eigenvalue weighted by atomic mass is 9.97. The SMILES string of the molecule is CC#CCOc1ccc(S(=O)(=O)C2(C(=O)OC)CCN(S(=O)(=O)c3ccc(OC)cc3)CC2)cc1. The Labute approximate surface area is 206 Å². The number of hydrogen-bond acceptors (Lipinski definition) is 8. The third-order valence-electron chi connectivity index (χ3n) is 5.92. The summed E-state index contributed by atoms with van der Waals surface area (Å²) in [6.07, 6.45) is -0.497. The van der Waals surface area contributed by atoms with Crippen LogP contribution in [0.4, 0.5) is 0 Å². The summed E-state index contributed by atoms with van der Waals surface area (Å²) in [5.41, 5.74) is 0. The van der Waals surface area contributed by atoms with Crippen LogP contribution in [0.25, 0.3) is 0 Å². The molecule has 0 saturated carbocycles. The number of piperidine rings is 1. The van der Waals surface area contributed by atoms with Crippen molar-refractivity contribution in [3.05, 3.63) is 48.5 Å². The highest BCUT2D eigenvalue weighted by Gasteiger charge is 2.55. The van der Waals surface area contributed by atoms with Gasteiger partial charge in [-0.05, 0) is 68.3 Å². The van der Waals surface area contributed by atoms with E-state index < -0.39 is 30.6 Å². The molecule has 0 radical (unpaired) electrons. The van der Waals surface area contributed by atoms with Gasteiger partial charge in [-0.25, -0.2) is 16.8 Å². The maximum Gasteiger partial charge on any atom is 0.327 e. The van der Waals surface area contributed by atoms with Crippen LogP contribution in [0.1, 0.15) is 19.8 Å². The third-order valence-corrected chi connectivity index (χ3v) is 10.3. The van der Waals surface area contributed by atoms with Crippen LogP contribution in [0.3, 0.4) is 0 Å². The normalized spacial score (nSPS) is 16.0. The standard InChI is InChI=1S/C24H27NO8S2/c1-4-5-18-33-20-8-10-21(11-9-20)34(27,28)24(23(26)32-3)14-16-25(17-15-24)35(29,30)22-12-6-19(31-2)7-13-22/h6-13H,14-18H2,1-3H3. The fourth-order valence-corrected chi connectivity index (χ4v) is 7.30. The molecule has 1 fully saturated rings. The van der Waals surface area contributed by atoms with E-state index in [1.165, 1.54) is 59.9 Å². The van der Waals surface area contributed by atoms with Crippen LogP contribution in [-0.2, 0) is 29.4 Å². The van der Waals surface area contributed by atoms with Gasteiger partial charge in [0.25, 0.3) is 0 Å². The Kier molecular flexibility index (Phi) is 8.10. The molecule has 0 aromatic heterocycles. The Morgan fingerprint density at radius 3 is 1.97 bits per heavy atom. The Morgan fingerprint density at radius 1 is 0.914 bits per heavy atom. The van der Waals surface area contributed by atoms with Crippen LogP contribution in [0.15, 0.2) is 58.3 Å². The molecule has 1 heterocycles. The van der Waals surface area contributed by atoms with Crippen molar-refractivity contribution in [3.8, 4) is 23.3 Å². The van der Waals surface area contributed by atoms with Crippen LogP contribution in [-0.4, -0.2) is 65.8 Å². The minimum Gasteiger partial charge on any atom is -0.497 e. The molecule has 0 N–H and O–H groups in total. The van der Waals surface area contributed by atoms with Gasteiger partial charge in [0.05, 0.1) is 24.0 Å². The molecule has 1 saturated heterocycles. The lowest BCUT2D eigenvalue weighted by Gasteiger charge is -2.38. The van der Waals surface area contributed by atoms with Gasteiger partial charge in [-0.3, -0.25) is 4.79 Å². The summed E-state index contributed by atoms with van der Waals surface area (Å²) >= 11 is 0. The summed E-state index contributed by atoms with van der Waals surface area (Å²) in [6.45, 7) is 1.51. The minimum atomic E-state index is -4.22. The number of hydrogen-bond donors (Lipinski definition) is 0. The van der Waals surface area contributed by atoms with Gasteiger partial charge in [-0.15, -0.1) is 5.92 Å². The first-order valence-electron chi connectivity index (χ1n) is 10.7. The smallest absolute Gasteiger partial charge is 0.327 e. The third kappa shape index (κ3) is 5.15. The van der Waals surface area contributed by atoms with Crippen molar-refractivity contribution in [2.45, 2.75) is 34.3 Å². The van der Waals surface area contributed by atoms with Crippen molar-refractivity contribution in [2.75, 3.05) is 33.9 Å². The van der Waals surface area contributed by atoms with Gasteiger partial charge in [0.2, 0.25) is 10.0 Å². The number of sulfone groups is 1. The van der Waals surface area contributed by atoms with Crippen molar-refractivity contribution in [3.63, 3.8) is 0 Å². The monoisotopic (exact) mass is 521 g/mol. The van der Waals surface area contributed by atoms with E-state index in [1.807, 2.05) is 0 Å². The molecular formula is C24H27NO8S2. The zero-order valence-electron chi connectivity index (χ0n) is 19.7. The highest BCUT2D eigenvalue weighted by molar-refractivity contribution is 7.93. The molecular weight excluding hydrogens is 494 g/mol. The van der Waals surface area contributed by atoms with Crippen molar-refractivity contribution >= 4 is 25.8 Å². The molecule has 1 aliphatic heterocycles. The maximum absolute atomic E-state index is 13.6. The molecule has 0 aliphatic carbocycles. The van der Waals surface area contributed by atoms with Crippen LogP contribution >= 0.6 is 0 Å². The molecule has 11 heteroatoms. The number of ether oxygens (including phenoxy) is 3. The molecule has 188 valence electrons. The zero-order chi connectivity index (χ0) is 25.7. The largest absolute Gasteiger partial charge is 0.497 e. The molecule has 3 rings (SSSR count). The summed E-state index contributed by atoms with van der Waals surface area (Å²) in [5, 5.41) is 0. The Balaban J connectivity index is 1.86. The minimum absolute atomic E-state index is 0.0510. The van der Waals surface area contributed by atoms with E-state index in [0.717, 1.165) is 7.11 Å². The number of benzene rings is 2. The Bertz CT molecular complexity index is 1310. The lowest BCUT2D eigenvalue weighted by molar-refractivity contribution is -0.144. The summed E-state index contributed by atoms with van der Waals surface area (Å²) in [5.74, 6) is 5.46. The summed E-state index contributed by atoms with van der Waals surface area (Å²) in [4.78, 5) is 12.8. The molecule has 2 aromatic rings. The first kappa shape index (κ1) is 26.5. The van der Waals surface area contributed by atoms with Crippen LogP contribution in [0, 0.1) is 11.8 Å². The molecule has 0 atom stereocenters. The van der Waals surface area contributed by atoms with E-state index in [1.54, 1.807) is 6.92 Å². The first-order chi connectivity index (χ1) is 16.6. The van der Waals surface area contributed by atoms with E-state index in [-0.39, 0.29) is 42.3 Å². The highest BCUT2D eigenvalue weighted by atomic mass is 32.2. The van der Waals surface area contributed by atoms with E-state index in [0.29, 0.717) is 11.5 Å². The zero-order valence-corrected chi connectivity index (χ0v) is 21.3. The number of methoxy groups -OCH3 is 2. The molecule has 0 unspecified atom stereocenters. The van der Waals surface area contributed by atoms with E-state index in [4.69, 9.17) is 14.2 Å². The number of esters is 1. The van der Waals surface area contributed by atoms with Crippen LogP contribution in [0.5, 0.6) is 11.5 Å². The molecule has 0 bridgehead atoms. The number of nitrogens with zero attached hydrogens (tertiary/aromatic N) is 1. The number of sulfonamides is 1.